The SMILES string of the molecule is C=CC(=O)OCCCN=C=O. The Morgan fingerprint density at radius 2 is 2.45 bits per heavy atom. The lowest BCUT2D eigenvalue weighted by molar-refractivity contribution is -0.137. The van der Waals surface area contributed by atoms with Gasteiger partial charge in [0.15, 0.2) is 0 Å². The van der Waals surface area contributed by atoms with Gasteiger partial charge in [-0.05, 0) is 0 Å². The molecule has 0 aromatic rings. The molecule has 4 heteroatoms. The summed E-state index contributed by atoms with van der Waals surface area (Å²) in [6, 6.07) is 0. The molecule has 0 rings (SSSR count). The third kappa shape index (κ3) is 6.48. The largest absolute Gasteiger partial charge is 0.462 e. The first-order valence-corrected chi connectivity index (χ1v) is 3.14. The van der Waals surface area contributed by atoms with Crippen molar-refractivity contribution >= 4 is 12.0 Å². The number of ether oxygens (including phenoxy) is 1. The van der Waals surface area contributed by atoms with Gasteiger partial charge in [0.1, 0.15) is 0 Å². The number of hydrogen-bond donors (Lipinski definition) is 0. The summed E-state index contributed by atoms with van der Waals surface area (Å²) in [5, 5.41) is 0. The molecule has 0 aromatic heterocycles. The molecule has 0 saturated heterocycles. The molecule has 0 amide bonds. The molecule has 0 aliphatic carbocycles. The predicted octanol–water partition coefficient (Wildman–Crippen LogP) is 0.441. The molecule has 0 radical (unpaired) electrons. The van der Waals surface area contributed by atoms with E-state index in [1.807, 2.05) is 0 Å². The van der Waals surface area contributed by atoms with Crippen LogP contribution in [0.2, 0.25) is 0 Å². The van der Waals surface area contributed by atoms with Gasteiger partial charge in [-0.25, -0.2) is 14.6 Å². The fourth-order valence-corrected chi connectivity index (χ4v) is 0.421. The van der Waals surface area contributed by atoms with E-state index in [9.17, 15) is 9.59 Å². The molecule has 0 aromatic carbocycles. The molecule has 0 spiro atoms. The molecule has 0 aliphatic heterocycles. The fraction of sp³-hybridized carbons (Fsp3) is 0.429. The van der Waals surface area contributed by atoms with Crippen molar-refractivity contribution in [1.82, 2.24) is 0 Å². The summed E-state index contributed by atoms with van der Waals surface area (Å²) in [5.74, 6) is -0.458. The van der Waals surface area contributed by atoms with E-state index in [0.717, 1.165) is 6.08 Å². The molecule has 0 atom stereocenters. The summed E-state index contributed by atoms with van der Waals surface area (Å²) in [6.07, 6.45) is 3.01. The molecule has 0 fully saturated rings. The van der Waals surface area contributed by atoms with E-state index in [4.69, 9.17) is 0 Å². The maximum atomic E-state index is 10.4. The average Bonchev–Trinajstić information content (AvgIpc) is 2.04. The van der Waals surface area contributed by atoms with Crippen molar-refractivity contribution in [3.8, 4) is 0 Å². The van der Waals surface area contributed by atoms with Crippen LogP contribution in [-0.4, -0.2) is 25.2 Å². The van der Waals surface area contributed by atoms with Gasteiger partial charge in [0, 0.05) is 12.5 Å². The number of esters is 1. The average molecular weight is 155 g/mol. The molecule has 11 heavy (non-hydrogen) atoms. The first-order valence-electron chi connectivity index (χ1n) is 3.14. The Morgan fingerprint density at radius 3 is 3.00 bits per heavy atom. The minimum atomic E-state index is -0.458. The molecular formula is C7H9NO3. The summed E-state index contributed by atoms with van der Waals surface area (Å²) in [7, 11) is 0. The number of carbonyl (C=O) groups is 1. The van der Waals surface area contributed by atoms with E-state index in [1.54, 1.807) is 0 Å². The quantitative estimate of drug-likeness (QED) is 0.190. The van der Waals surface area contributed by atoms with Crippen LogP contribution in [0.1, 0.15) is 6.42 Å². The summed E-state index contributed by atoms with van der Waals surface area (Å²) in [4.78, 5) is 23.2. The number of rotatable bonds is 5. The van der Waals surface area contributed by atoms with Gasteiger partial charge < -0.3 is 4.74 Å². The Kier molecular flexibility index (Phi) is 5.85. The first-order chi connectivity index (χ1) is 5.31. The molecule has 60 valence electrons. The lowest BCUT2D eigenvalue weighted by Gasteiger charge is -1.97. The summed E-state index contributed by atoms with van der Waals surface area (Å²) in [6.45, 7) is 3.82. The van der Waals surface area contributed by atoms with Gasteiger partial charge in [0.25, 0.3) is 0 Å². The second-order valence-electron chi connectivity index (χ2n) is 1.70. The summed E-state index contributed by atoms with van der Waals surface area (Å²) >= 11 is 0. The van der Waals surface area contributed by atoms with Crippen molar-refractivity contribution in [2.75, 3.05) is 13.2 Å². The fourth-order valence-electron chi connectivity index (χ4n) is 0.421. The van der Waals surface area contributed by atoms with E-state index in [2.05, 4.69) is 16.3 Å². The van der Waals surface area contributed by atoms with Crippen molar-refractivity contribution in [3.05, 3.63) is 12.7 Å². The highest BCUT2D eigenvalue weighted by molar-refractivity contribution is 5.81. The Balaban J connectivity index is 3.20. The van der Waals surface area contributed by atoms with Crippen molar-refractivity contribution < 1.29 is 14.3 Å². The number of hydrogen-bond acceptors (Lipinski definition) is 4. The van der Waals surface area contributed by atoms with E-state index in [1.165, 1.54) is 6.08 Å². The van der Waals surface area contributed by atoms with Crippen LogP contribution >= 0.6 is 0 Å². The van der Waals surface area contributed by atoms with Crippen molar-refractivity contribution in [3.63, 3.8) is 0 Å². The maximum Gasteiger partial charge on any atom is 0.330 e. The van der Waals surface area contributed by atoms with Crippen LogP contribution < -0.4 is 0 Å². The zero-order chi connectivity index (χ0) is 8.53. The topological polar surface area (TPSA) is 55.7 Å². The van der Waals surface area contributed by atoms with Crippen molar-refractivity contribution in [2.24, 2.45) is 4.99 Å². The normalized spacial score (nSPS) is 8.00. The van der Waals surface area contributed by atoms with Crippen LogP contribution in [0, 0.1) is 0 Å². The number of nitrogens with zero attached hydrogens (tertiary/aromatic N) is 1. The molecule has 0 N–H and O–H groups in total. The van der Waals surface area contributed by atoms with Crippen molar-refractivity contribution in [1.29, 1.82) is 0 Å². The standard InChI is InChI=1S/C7H9NO3/c1-2-7(10)11-5-3-4-8-6-9/h2H,1,3-5H2. The lowest BCUT2D eigenvalue weighted by atomic mass is 10.5. The second kappa shape index (κ2) is 6.71. The van der Waals surface area contributed by atoms with E-state index < -0.39 is 5.97 Å². The minimum Gasteiger partial charge on any atom is -0.462 e. The Morgan fingerprint density at radius 1 is 1.73 bits per heavy atom. The minimum absolute atomic E-state index is 0.260. The number of carbonyl (C=O) groups excluding carboxylic acids is 2. The van der Waals surface area contributed by atoms with Gasteiger partial charge in [-0.15, -0.1) is 0 Å². The van der Waals surface area contributed by atoms with Crippen LogP contribution in [0.4, 0.5) is 0 Å². The Hall–Kier alpha value is -1.41. The highest BCUT2D eigenvalue weighted by atomic mass is 16.5. The molecule has 0 bridgehead atoms. The second-order valence-corrected chi connectivity index (χ2v) is 1.70. The smallest absolute Gasteiger partial charge is 0.330 e. The number of isocyanates is 1. The van der Waals surface area contributed by atoms with Crippen LogP contribution in [-0.2, 0) is 14.3 Å². The first kappa shape index (κ1) is 9.59. The maximum absolute atomic E-state index is 10.4. The van der Waals surface area contributed by atoms with Crippen LogP contribution in [0.15, 0.2) is 17.6 Å². The summed E-state index contributed by atoms with van der Waals surface area (Å²) in [5.41, 5.74) is 0. The summed E-state index contributed by atoms with van der Waals surface area (Å²) < 4.78 is 4.59. The highest BCUT2D eigenvalue weighted by Gasteiger charge is 1.92. The van der Waals surface area contributed by atoms with Crippen LogP contribution in [0.5, 0.6) is 0 Å². The lowest BCUT2D eigenvalue weighted by Crippen LogP contribution is -2.02. The van der Waals surface area contributed by atoms with E-state index in [-0.39, 0.29) is 6.61 Å². The molecule has 0 heterocycles. The van der Waals surface area contributed by atoms with Crippen LogP contribution in [0.25, 0.3) is 0 Å². The van der Waals surface area contributed by atoms with E-state index >= 15 is 0 Å². The molecule has 0 unspecified atom stereocenters. The molecule has 0 saturated carbocycles. The van der Waals surface area contributed by atoms with E-state index in [0.29, 0.717) is 13.0 Å². The van der Waals surface area contributed by atoms with Gasteiger partial charge in [-0.2, -0.15) is 0 Å². The third-order valence-corrected chi connectivity index (χ3v) is 0.890. The highest BCUT2D eigenvalue weighted by Crippen LogP contribution is 1.84. The molecule has 4 nitrogen and oxygen atoms in total. The van der Waals surface area contributed by atoms with Gasteiger partial charge >= 0.3 is 5.97 Å². The van der Waals surface area contributed by atoms with Gasteiger partial charge in [0.2, 0.25) is 6.08 Å². The van der Waals surface area contributed by atoms with Crippen LogP contribution in [0.3, 0.4) is 0 Å². The molecular weight excluding hydrogens is 146 g/mol. The zero-order valence-corrected chi connectivity index (χ0v) is 6.08. The van der Waals surface area contributed by atoms with Crippen molar-refractivity contribution in [2.45, 2.75) is 6.42 Å². The monoisotopic (exact) mass is 155 g/mol. The Bertz CT molecular complexity index is 182. The number of aliphatic imine (C=N–C) groups is 1. The van der Waals surface area contributed by atoms with Gasteiger partial charge in [0.05, 0.1) is 13.2 Å². The zero-order valence-electron chi connectivity index (χ0n) is 6.08. The molecule has 0 aliphatic rings. The van der Waals surface area contributed by atoms with Gasteiger partial charge in [-0.3, -0.25) is 0 Å². The Labute approximate surface area is 64.6 Å². The third-order valence-electron chi connectivity index (χ3n) is 0.890. The van der Waals surface area contributed by atoms with Gasteiger partial charge in [-0.1, -0.05) is 6.58 Å². The predicted molar refractivity (Wildman–Crippen MR) is 38.8 cm³/mol.